The van der Waals surface area contributed by atoms with Crippen molar-refractivity contribution in [1.82, 2.24) is 5.32 Å². The Morgan fingerprint density at radius 1 is 1.25 bits per heavy atom. The second-order valence-corrected chi connectivity index (χ2v) is 4.04. The van der Waals surface area contributed by atoms with E-state index >= 15 is 0 Å². The second-order valence-electron chi connectivity index (χ2n) is 4.04. The molecule has 20 heavy (non-hydrogen) atoms. The normalized spacial score (nSPS) is 11.6. The maximum Gasteiger partial charge on any atom is 0.326 e. The number of benzene rings is 1. The van der Waals surface area contributed by atoms with E-state index in [0.717, 1.165) is 0 Å². The zero-order chi connectivity index (χ0) is 15.3. The van der Waals surface area contributed by atoms with Gasteiger partial charge in [-0.05, 0) is 18.6 Å². The molecule has 0 fully saturated rings. The molecule has 0 spiro atoms. The van der Waals surface area contributed by atoms with E-state index in [1.807, 2.05) is 0 Å². The monoisotopic (exact) mass is 282 g/mol. The molecule has 1 aromatic rings. The summed E-state index contributed by atoms with van der Waals surface area (Å²) in [4.78, 5) is 33.4. The van der Waals surface area contributed by atoms with Crippen LogP contribution < -0.4 is 11.1 Å². The number of nitrogens with one attached hydrogen (secondary N) is 1. The van der Waals surface area contributed by atoms with E-state index in [1.165, 1.54) is 18.2 Å². The average molecular weight is 282 g/mol. The minimum absolute atomic E-state index is 0.171. The Labute approximate surface area is 113 Å². The number of aromatic hydroxyl groups is 2. The number of hydrogen-bond donors (Lipinski definition) is 5. The molecule has 0 saturated heterocycles. The molecule has 6 N–H and O–H groups in total. The van der Waals surface area contributed by atoms with Crippen LogP contribution in [0.4, 0.5) is 0 Å². The van der Waals surface area contributed by atoms with Gasteiger partial charge in [0.1, 0.15) is 6.04 Å². The Bertz CT molecular complexity index is 543. The van der Waals surface area contributed by atoms with Crippen LogP contribution in [0, 0.1) is 0 Å². The number of phenols is 2. The summed E-state index contributed by atoms with van der Waals surface area (Å²) in [5, 5.41) is 29.8. The van der Waals surface area contributed by atoms with Gasteiger partial charge in [-0.3, -0.25) is 9.59 Å². The highest BCUT2D eigenvalue weighted by atomic mass is 16.4. The Morgan fingerprint density at radius 3 is 2.45 bits per heavy atom. The van der Waals surface area contributed by atoms with Crippen molar-refractivity contribution in [2.45, 2.75) is 18.9 Å². The molecule has 2 amide bonds. The molecule has 0 heterocycles. The fraction of sp³-hybridized carbons (Fsp3) is 0.250. The summed E-state index contributed by atoms with van der Waals surface area (Å²) in [5.74, 6) is -4.05. The van der Waals surface area contributed by atoms with E-state index < -0.39 is 35.3 Å². The van der Waals surface area contributed by atoms with Crippen molar-refractivity contribution >= 4 is 17.8 Å². The number of para-hydroxylation sites is 1. The van der Waals surface area contributed by atoms with Gasteiger partial charge in [-0.25, -0.2) is 4.79 Å². The minimum atomic E-state index is -1.33. The summed E-state index contributed by atoms with van der Waals surface area (Å²) in [6.45, 7) is 0. The van der Waals surface area contributed by atoms with Gasteiger partial charge >= 0.3 is 5.97 Å². The van der Waals surface area contributed by atoms with Crippen molar-refractivity contribution < 1.29 is 29.7 Å². The van der Waals surface area contributed by atoms with Crippen LogP contribution in [0.1, 0.15) is 23.2 Å². The van der Waals surface area contributed by atoms with E-state index in [4.69, 9.17) is 10.8 Å². The smallest absolute Gasteiger partial charge is 0.326 e. The van der Waals surface area contributed by atoms with Crippen molar-refractivity contribution in [3.8, 4) is 11.5 Å². The molecular weight excluding hydrogens is 268 g/mol. The maximum atomic E-state index is 11.8. The second kappa shape index (κ2) is 6.41. The summed E-state index contributed by atoms with van der Waals surface area (Å²) >= 11 is 0. The van der Waals surface area contributed by atoms with Crippen LogP contribution in [-0.2, 0) is 9.59 Å². The Balaban J connectivity index is 2.83. The van der Waals surface area contributed by atoms with E-state index in [9.17, 15) is 24.6 Å². The highest BCUT2D eigenvalue weighted by Crippen LogP contribution is 2.28. The molecule has 8 heteroatoms. The van der Waals surface area contributed by atoms with Gasteiger partial charge in [0.15, 0.2) is 11.5 Å². The zero-order valence-corrected chi connectivity index (χ0v) is 10.4. The minimum Gasteiger partial charge on any atom is -0.504 e. The molecule has 0 aliphatic heterocycles. The Hall–Kier alpha value is -2.77. The molecule has 0 radical (unpaired) electrons. The van der Waals surface area contributed by atoms with E-state index in [0.29, 0.717) is 0 Å². The predicted molar refractivity (Wildman–Crippen MR) is 67.1 cm³/mol. The highest BCUT2D eigenvalue weighted by Gasteiger charge is 2.23. The summed E-state index contributed by atoms with van der Waals surface area (Å²) in [6.07, 6.45) is -0.376. The summed E-state index contributed by atoms with van der Waals surface area (Å²) < 4.78 is 0. The number of primary amides is 1. The molecule has 1 atom stereocenters. The van der Waals surface area contributed by atoms with Crippen molar-refractivity contribution in [3.05, 3.63) is 23.8 Å². The number of phenolic OH excluding ortho intramolecular Hbond substituents is 2. The van der Waals surface area contributed by atoms with Crippen LogP contribution in [0.5, 0.6) is 11.5 Å². The lowest BCUT2D eigenvalue weighted by atomic mass is 10.1. The third-order valence-corrected chi connectivity index (χ3v) is 2.54. The zero-order valence-electron chi connectivity index (χ0n) is 10.4. The van der Waals surface area contributed by atoms with Crippen LogP contribution in [-0.4, -0.2) is 39.1 Å². The first kappa shape index (κ1) is 15.3. The number of carboxylic acids is 1. The standard InChI is InChI=1S/C12H14N2O6/c13-9(16)5-4-7(12(19)20)14-11(18)6-2-1-3-8(15)10(6)17/h1-3,7,15,17H,4-5H2,(H2,13,16)(H,14,18)(H,19,20)/t7-/m0/s1. The Morgan fingerprint density at radius 2 is 1.90 bits per heavy atom. The molecule has 0 unspecified atom stereocenters. The van der Waals surface area contributed by atoms with Crippen molar-refractivity contribution in [3.63, 3.8) is 0 Å². The molecule has 1 aromatic carbocycles. The third-order valence-electron chi connectivity index (χ3n) is 2.54. The highest BCUT2D eigenvalue weighted by molar-refractivity contribution is 5.99. The first-order chi connectivity index (χ1) is 9.32. The van der Waals surface area contributed by atoms with Gasteiger partial charge < -0.3 is 26.4 Å². The molecule has 108 valence electrons. The first-order valence-electron chi connectivity index (χ1n) is 5.66. The lowest BCUT2D eigenvalue weighted by Gasteiger charge is -2.14. The quantitative estimate of drug-likeness (QED) is 0.446. The SMILES string of the molecule is NC(=O)CC[C@H](NC(=O)c1cccc(O)c1O)C(=O)O. The number of carbonyl (C=O) groups is 3. The summed E-state index contributed by atoms with van der Waals surface area (Å²) in [5.41, 5.74) is 4.64. The Kier molecular flexibility index (Phi) is 4.90. The lowest BCUT2D eigenvalue weighted by molar-refractivity contribution is -0.139. The number of carboxylic acid groups (broad SMARTS) is 1. The van der Waals surface area contributed by atoms with Crippen LogP contribution >= 0.6 is 0 Å². The molecule has 0 bridgehead atoms. The van der Waals surface area contributed by atoms with Crippen LogP contribution in [0.15, 0.2) is 18.2 Å². The summed E-state index contributed by atoms with van der Waals surface area (Å²) in [6, 6.07) is 2.39. The largest absolute Gasteiger partial charge is 0.504 e. The van der Waals surface area contributed by atoms with Gasteiger partial charge in [0, 0.05) is 6.42 Å². The number of hydrogen-bond acceptors (Lipinski definition) is 5. The van der Waals surface area contributed by atoms with E-state index in [2.05, 4.69) is 5.32 Å². The topological polar surface area (TPSA) is 150 Å². The van der Waals surface area contributed by atoms with Gasteiger partial charge in [0.2, 0.25) is 5.91 Å². The first-order valence-corrected chi connectivity index (χ1v) is 5.66. The van der Waals surface area contributed by atoms with Crippen molar-refractivity contribution in [2.75, 3.05) is 0 Å². The van der Waals surface area contributed by atoms with Crippen molar-refractivity contribution in [1.29, 1.82) is 0 Å². The van der Waals surface area contributed by atoms with E-state index in [1.54, 1.807) is 0 Å². The predicted octanol–water partition coefficient (Wildman–Crippen LogP) is -0.454. The fourth-order valence-electron chi connectivity index (χ4n) is 1.49. The molecule has 0 saturated carbocycles. The lowest BCUT2D eigenvalue weighted by Crippen LogP contribution is -2.41. The van der Waals surface area contributed by atoms with Crippen LogP contribution in [0.2, 0.25) is 0 Å². The van der Waals surface area contributed by atoms with Gasteiger partial charge in [0.05, 0.1) is 5.56 Å². The number of amides is 2. The van der Waals surface area contributed by atoms with Crippen molar-refractivity contribution in [2.24, 2.45) is 5.73 Å². The van der Waals surface area contributed by atoms with Crippen LogP contribution in [0.25, 0.3) is 0 Å². The number of nitrogens with two attached hydrogens (primary N) is 1. The number of aliphatic carboxylic acids is 1. The van der Waals surface area contributed by atoms with Gasteiger partial charge in [0.25, 0.3) is 5.91 Å². The van der Waals surface area contributed by atoms with Gasteiger partial charge in [-0.1, -0.05) is 6.07 Å². The maximum absolute atomic E-state index is 11.8. The molecule has 0 aliphatic carbocycles. The van der Waals surface area contributed by atoms with Crippen LogP contribution in [0.3, 0.4) is 0 Å². The third kappa shape index (κ3) is 3.87. The van der Waals surface area contributed by atoms with Gasteiger partial charge in [-0.2, -0.15) is 0 Å². The molecule has 1 rings (SSSR count). The van der Waals surface area contributed by atoms with E-state index in [-0.39, 0.29) is 18.4 Å². The average Bonchev–Trinajstić information content (AvgIpc) is 2.36. The molecule has 0 aromatic heterocycles. The van der Waals surface area contributed by atoms with Gasteiger partial charge in [-0.15, -0.1) is 0 Å². The molecular formula is C12H14N2O6. The fourth-order valence-corrected chi connectivity index (χ4v) is 1.49. The summed E-state index contributed by atoms with van der Waals surface area (Å²) in [7, 11) is 0. The molecule has 8 nitrogen and oxygen atoms in total. The molecule has 0 aliphatic rings. The number of rotatable bonds is 6. The number of carbonyl (C=O) groups excluding carboxylic acids is 2.